The molecule has 1 N–H and O–H groups in total. The van der Waals surface area contributed by atoms with Gasteiger partial charge in [0.15, 0.2) is 11.7 Å². The fraction of sp³-hybridized carbons (Fsp3) is 0.188. The second-order valence-corrected chi connectivity index (χ2v) is 8.53. The highest BCUT2D eigenvalue weighted by molar-refractivity contribution is 7.94. The van der Waals surface area contributed by atoms with Crippen LogP contribution in [0.15, 0.2) is 51.2 Å². The molecule has 0 bridgehead atoms. The zero-order valence-corrected chi connectivity index (χ0v) is 14.0. The van der Waals surface area contributed by atoms with Crippen molar-refractivity contribution < 1.29 is 17.2 Å². The van der Waals surface area contributed by atoms with Crippen LogP contribution in [0.3, 0.4) is 0 Å². The first-order chi connectivity index (χ1) is 11.5. The van der Waals surface area contributed by atoms with Gasteiger partial charge < -0.3 is 4.42 Å². The third kappa shape index (κ3) is 2.94. The molecule has 8 heteroatoms. The van der Waals surface area contributed by atoms with Crippen molar-refractivity contribution in [3.05, 3.63) is 54.3 Å². The lowest BCUT2D eigenvalue weighted by molar-refractivity contribution is 0.510. The standard InChI is InChI=1S/C16H13FN2O3S2/c17-11-3-1-2-4-12(11)19-24(20,21)15-8-7-14(23-15)13-9-18-16(22-13)10-5-6-10/h1-4,7-10,19H,5-6H2. The van der Waals surface area contributed by atoms with Crippen LogP contribution in [0.1, 0.15) is 24.7 Å². The van der Waals surface area contributed by atoms with E-state index in [4.69, 9.17) is 4.42 Å². The lowest BCUT2D eigenvalue weighted by Gasteiger charge is -2.06. The Hall–Kier alpha value is -2.19. The van der Waals surface area contributed by atoms with E-state index in [1.807, 2.05) is 0 Å². The minimum atomic E-state index is -3.85. The average Bonchev–Trinajstić information content (AvgIpc) is 3.09. The maximum absolute atomic E-state index is 13.6. The van der Waals surface area contributed by atoms with E-state index in [0.29, 0.717) is 22.4 Å². The monoisotopic (exact) mass is 364 g/mol. The summed E-state index contributed by atoms with van der Waals surface area (Å²) in [5.74, 6) is 1.02. The molecular weight excluding hydrogens is 351 g/mol. The first-order valence-corrected chi connectivity index (χ1v) is 9.66. The quantitative estimate of drug-likeness (QED) is 0.736. The number of nitrogens with zero attached hydrogens (tertiary/aromatic N) is 1. The Morgan fingerprint density at radius 1 is 1.21 bits per heavy atom. The molecule has 1 aromatic carbocycles. The van der Waals surface area contributed by atoms with Crippen LogP contribution < -0.4 is 4.72 Å². The number of benzene rings is 1. The average molecular weight is 364 g/mol. The molecule has 0 saturated heterocycles. The molecule has 0 unspecified atom stereocenters. The maximum Gasteiger partial charge on any atom is 0.271 e. The second-order valence-electron chi connectivity index (χ2n) is 5.54. The second kappa shape index (κ2) is 5.71. The SMILES string of the molecule is O=S(=O)(Nc1ccccc1F)c1ccc(-c2cnc(C3CC3)o2)s1. The van der Waals surface area contributed by atoms with E-state index in [-0.39, 0.29) is 9.90 Å². The molecule has 3 aromatic rings. The van der Waals surface area contributed by atoms with E-state index in [1.54, 1.807) is 18.3 Å². The molecule has 0 radical (unpaired) electrons. The van der Waals surface area contributed by atoms with Crippen molar-refractivity contribution in [3.63, 3.8) is 0 Å². The number of nitrogens with one attached hydrogen (secondary N) is 1. The van der Waals surface area contributed by atoms with Crippen molar-refractivity contribution in [1.82, 2.24) is 4.98 Å². The van der Waals surface area contributed by atoms with Gasteiger partial charge in [-0.3, -0.25) is 4.72 Å². The zero-order valence-electron chi connectivity index (χ0n) is 12.4. The van der Waals surface area contributed by atoms with E-state index in [2.05, 4.69) is 9.71 Å². The number of thiophene rings is 1. The molecule has 1 aliphatic rings. The number of hydrogen-bond donors (Lipinski definition) is 1. The van der Waals surface area contributed by atoms with E-state index in [0.717, 1.165) is 24.2 Å². The van der Waals surface area contributed by atoms with Crippen molar-refractivity contribution in [2.24, 2.45) is 0 Å². The lowest BCUT2D eigenvalue weighted by Crippen LogP contribution is -2.12. The van der Waals surface area contributed by atoms with Crippen LogP contribution in [0.2, 0.25) is 0 Å². The molecule has 2 aromatic heterocycles. The number of rotatable bonds is 5. The van der Waals surface area contributed by atoms with Gasteiger partial charge in [-0.15, -0.1) is 11.3 Å². The molecule has 0 aliphatic heterocycles. The normalized spacial score (nSPS) is 14.7. The molecule has 5 nitrogen and oxygen atoms in total. The molecule has 0 atom stereocenters. The maximum atomic E-state index is 13.6. The molecule has 24 heavy (non-hydrogen) atoms. The van der Waals surface area contributed by atoms with Gasteiger partial charge in [-0.1, -0.05) is 12.1 Å². The van der Waals surface area contributed by atoms with Gasteiger partial charge >= 0.3 is 0 Å². The Morgan fingerprint density at radius 2 is 2.00 bits per heavy atom. The smallest absolute Gasteiger partial charge is 0.271 e. The van der Waals surface area contributed by atoms with Crippen LogP contribution >= 0.6 is 11.3 Å². The summed E-state index contributed by atoms with van der Waals surface area (Å²) in [7, 11) is -3.85. The fourth-order valence-electron chi connectivity index (χ4n) is 2.26. The van der Waals surface area contributed by atoms with Crippen molar-refractivity contribution in [1.29, 1.82) is 0 Å². The van der Waals surface area contributed by atoms with Crippen molar-refractivity contribution in [3.8, 4) is 10.6 Å². The Morgan fingerprint density at radius 3 is 2.75 bits per heavy atom. The van der Waals surface area contributed by atoms with E-state index in [1.165, 1.54) is 24.3 Å². The highest BCUT2D eigenvalue weighted by Crippen LogP contribution is 2.41. The van der Waals surface area contributed by atoms with Crippen molar-refractivity contribution in [2.45, 2.75) is 23.0 Å². The number of anilines is 1. The molecule has 4 rings (SSSR count). The third-order valence-corrected chi connectivity index (χ3v) is 6.61. The van der Waals surface area contributed by atoms with Gasteiger partial charge in [0.25, 0.3) is 10.0 Å². The van der Waals surface area contributed by atoms with Gasteiger partial charge in [0, 0.05) is 5.92 Å². The number of sulfonamides is 1. The van der Waals surface area contributed by atoms with Crippen LogP contribution in [-0.2, 0) is 10.0 Å². The molecule has 1 aliphatic carbocycles. The number of halogens is 1. The van der Waals surface area contributed by atoms with Gasteiger partial charge in [0.1, 0.15) is 10.0 Å². The van der Waals surface area contributed by atoms with Crippen LogP contribution in [-0.4, -0.2) is 13.4 Å². The summed E-state index contributed by atoms with van der Waals surface area (Å²) in [6.07, 6.45) is 3.77. The number of para-hydroxylation sites is 1. The topological polar surface area (TPSA) is 72.2 Å². The summed E-state index contributed by atoms with van der Waals surface area (Å²) in [4.78, 5) is 4.90. The Kier molecular flexibility index (Phi) is 3.65. The molecular formula is C16H13FN2O3S2. The summed E-state index contributed by atoms with van der Waals surface area (Å²) >= 11 is 1.06. The van der Waals surface area contributed by atoms with Crippen LogP contribution in [0.5, 0.6) is 0 Å². The fourth-order valence-corrected chi connectivity index (χ4v) is 4.58. The largest absolute Gasteiger partial charge is 0.440 e. The highest BCUT2D eigenvalue weighted by Gasteiger charge is 2.29. The van der Waals surface area contributed by atoms with E-state index < -0.39 is 15.8 Å². The molecule has 1 saturated carbocycles. The number of hydrogen-bond acceptors (Lipinski definition) is 5. The van der Waals surface area contributed by atoms with Gasteiger partial charge in [-0.25, -0.2) is 17.8 Å². The predicted molar refractivity (Wildman–Crippen MR) is 89.0 cm³/mol. The number of aromatic nitrogens is 1. The first-order valence-electron chi connectivity index (χ1n) is 7.36. The summed E-state index contributed by atoms with van der Waals surface area (Å²) < 4.78 is 46.5. The van der Waals surface area contributed by atoms with Gasteiger partial charge in [0.2, 0.25) is 0 Å². The number of oxazole rings is 1. The molecule has 0 amide bonds. The van der Waals surface area contributed by atoms with Crippen LogP contribution in [0, 0.1) is 5.82 Å². The van der Waals surface area contributed by atoms with E-state index >= 15 is 0 Å². The molecule has 1 fully saturated rings. The summed E-state index contributed by atoms with van der Waals surface area (Å²) in [5, 5.41) is 0. The van der Waals surface area contributed by atoms with Gasteiger partial charge in [0.05, 0.1) is 16.8 Å². The summed E-state index contributed by atoms with van der Waals surface area (Å²) in [5.41, 5.74) is -0.0804. The molecule has 2 heterocycles. The van der Waals surface area contributed by atoms with E-state index in [9.17, 15) is 12.8 Å². The third-order valence-electron chi connectivity index (χ3n) is 3.66. The van der Waals surface area contributed by atoms with Gasteiger partial charge in [-0.05, 0) is 37.1 Å². The summed E-state index contributed by atoms with van der Waals surface area (Å²) in [6, 6.07) is 8.78. The predicted octanol–water partition coefficient (Wildman–Crippen LogP) is 4.22. The minimum absolute atomic E-state index is 0.0804. The van der Waals surface area contributed by atoms with Crippen LogP contribution in [0.4, 0.5) is 10.1 Å². The Balaban J connectivity index is 1.59. The lowest BCUT2D eigenvalue weighted by atomic mass is 10.3. The zero-order chi connectivity index (χ0) is 16.7. The van der Waals surface area contributed by atoms with Gasteiger partial charge in [-0.2, -0.15) is 0 Å². The Bertz CT molecular complexity index is 990. The molecule has 124 valence electrons. The molecule has 0 spiro atoms. The van der Waals surface area contributed by atoms with Crippen molar-refractivity contribution in [2.75, 3.05) is 4.72 Å². The van der Waals surface area contributed by atoms with Crippen molar-refractivity contribution >= 4 is 27.0 Å². The Labute approximate surface area is 142 Å². The minimum Gasteiger partial charge on any atom is -0.440 e. The van der Waals surface area contributed by atoms with Crippen LogP contribution in [0.25, 0.3) is 10.6 Å². The summed E-state index contributed by atoms with van der Waals surface area (Å²) in [6.45, 7) is 0. The first kappa shape index (κ1) is 15.3. The highest BCUT2D eigenvalue weighted by atomic mass is 32.2.